The molecular formula is C11H13NO3S. The Kier molecular flexibility index (Phi) is 3.24. The van der Waals surface area contributed by atoms with E-state index >= 15 is 0 Å². The summed E-state index contributed by atoms with van der Waals surface area (Å²) in [7, 11) is 0. The Morgan fingerprint density at radius 3 is 2.69 bits per heavy atom. The van der Waals surface area contributed by atoms with Crippen molar-refractivity contribution in [1.82, 2.24) is 5.32 Å². The number of nitrogens with one attached hydrogen (secondary N) is 1. The summed E-state index contributed by atoms with van der Waals surface area (Å²) in [5, 5.41) is 13.6. The lowest BCUT2D eigenvalue weighted by molar-refractivity contribution is -0.152. The van der Waals surface area contributed by atoms with E-state index in [2.05, 4.69) is 5.32 Å². The van der Waals surface area contributed by atoms with E-state index in [1.807, 2.05) is 17.5 Å². The van der Waals surface area contributed by atoms with Crippen LogP contribution in [0.3, 0.4) is 0 Å². The van der Waals surface area contributed by atoms with Gasteiger partial charge in [-0.1, -0.05) is 6.07 Å². The second-order valence-electron chi connectivity index (χ2n) is 3.93. The summed E-state index contributed by atoms with van der Waals surface area (Å²) < 4.78 is 0. The highest BCUT2D eigenvalue weighted by molar-refractivity contribution is 7.09. The molecule has 86 valence electrons. The Hall–Kier alpha value is -1.36. The highest BCUT2D eigenvalue weighted by Gasteiger charge is 2.41. The molecule has 0 aromatic carbocycles. The van der Waals surface area contributed by atoms with Crippen molar-refractivity contribution in [2.75, 3.05) is 0 Å². The summed E-state index contributed by atoms with van der Waals surface area (Å²) in [4.78, 5) is 23.5. The SMILES string of the molecule is O=C(O)C1CCC1C(=O)NCc1cccs1. The largest absolute Gasteiger partial charge is 0.481 e. The van der Waals surface area contributed by atoms with E-state index in [-0.39, 0.29) is 11.8 Å². The monoisotopic (exact) mass is 239 g/mol. The molecule has 1 fully saturated rings. The molecular weight excluding hydrogens is 226 g/mol. The van der Waals surface area contributed by atoms with Gasteiger partial charge in [-0.3, -0.25) is 9.59 Å². The van der Waals surface area contributed by atoms with Gasteiger partial charge >= 0.3 is 5.97 Å². The molecule has 1 saturated carbocycles. The Labute approximate surface area is 97.3 Å². The molecule has 2 atom stereocenters. The van der Waals surface area contributed by atoms with E-state index in [0.29, 0.717) is 19.4 Å². The number of carbonyl (C=O) groups excluding carboxylic acids is 1. The third-order valence-corrected chi connectivity index (χ3v) is 3.82. The van der Waals surface area contributed by atoms with Gasteiger partial charge in [0.15, 0.2) is 0 Å². The Bertz CT molecular complexity index is 388. The third-order valence-electron chi connectivity index (χ3n) is 2.95. The molecule has 0 radical (unpaired) electrons. The number of carbonyl (C=O) groups is 2. The molecule has 4 nitrogen and oxygen atoms in total. The molecule has 1 amide bonds. The maximum absolute atomic E-state index is 11.7. The molecule has 1 heterocycles. The number of rotatable bonds is 4. The molecule has 0 bridgehead atoms. The summed E-state index contributed by atoms with van der Waals surface area (Å²) in [6.45, 7) is 0.499. The highest BCUT2D eigenvalue weighted by atomic mass is 32.1. The molecule has 1 aliphatic rings. The number of aliphatic carboxylic acids is 1. The van der Waals surface area contributed by atoms with Gasteiger partial charge in [0.2, 0.25) is 5.91 Å². The number of carboxylic acids is 1. The van der Waals surface area contributed by atoms with E-state index in [0.717, 1.165) is 4.88 Å². The maximum atomic E-state index is 11.7. The van der Waals surface area contributed by atoms with Crippen LogP contribution in [-0.4, -0.2) is 17.0 Å². The van der Waals surface area contributed by atoms with Crippen molar-refractivity contribution in [1.29, 1.82) is 0 Å². The van der Waals surface area contributed by atoms with Gasteiger partial charge in [-0.05, 0) is 24.3 Å². The van der Waals surface area contributed by atoms with Crippen LogP contribution in [0.2, 0.25) is 0 Å². The average molecular weight is 239 g/mol. The van der Waals surface area contributed by atoms with E-state index in [1.54, 1.807) is 11.3 Å². The predicted molar refractivity (Wildman–Crippen MR) is 60.0 cm³/mol. The predicted octanol–water partition coefficient (Wildman–Crippen LogP) is 1.48. The summed E-state index contributed by atoms with van der Waals surface area (Å²) in [5.74, 6) is -1.81. The normalized spacial score (nSPS) is 23.5. The lowest BCUT2D eigenvalue weighted by atomic mass is 9.73. The van der Waals surface area contributed by atoms with Crippen molar-refractivity contribution >= 4 is 23.2 Å². The standard InChI is InChI=1S/C11H13NO3S/c13-10(8-3-4-9(8)11(14)15)12-6-7-2-1-5-16-7/h1-2,5,8-9H,3-4,6H2,(H,12,13)(H,14,15). The van der Waals surface area contributed by atoms with Crippen LogP contribution in [0.25, 0.3) is 0 Å². The smallest absolute Gasteiger partial charge is 0.307 e. The van der Waals surface area contributed by atoms with Crippen LogP contribution in [0.1, 0.15) is 17.7 Å². The van der Waals surface area contributed by atoms with Crippen molar-refractivity contribution in [2.24, 2.45) is 11.8 Å². The van der Waals surface area contributed by atoms with Gasteiger partial charge in [0.05, 0.1) is 18.4 Å². The van der Waals surface area contributed by atoms with Crippen LogP contribution in [-0.2, 0) is 16.1 Å². The molecule has 5 heteroatoms. The summed E-state index contributed by atoms with van der Waals surface area (Å²) in [5.41, 5.74) is 0. The summed E-state index contributed by atoms with van der Waals surface area (Å²) in [6, 6.07) is 3.87. The Balaban J connectivity index is 1.82. The van der Waals surface area contributed by atoms with Crippen LogP contribution in [0.15, 0.2) is 17.5 Å². The van der Waals surface area contributed by atoms with Gasteiger partial charge in [-0.25, -0.2) is 0 Å². The topological polar surface area (TPSA) is 66.4 Å². The quantitative estimate of drug-likeness (QED) is 0.836. The minimum absolute atomic E-state index is 0.132. The zero-order chi connectivity index (χ0) is 11.5. The van der Waals surface area contributed by atoms with Gasteiger partial charge in [0.25, 0.3) is 0 Å². The number of hydrogen-bond donors (Lipinski definition) is 2. The van der Waals surface area contributed by atoms with E-state index in [1.165, 1.54) is 0 Å². The molecule has 0 spiro atoms. The van der Waals surface area contributed by atoms with Crippen LogP contribution >= 0.6 is 11.3 Å². The zero-order valence-electron chi connectivity index (χ0n) is 8.68. The van der Waals surface area contributed by atoms with Crippen molar-refractivity contribution in [3.8, 4) is 0 Å². The molecule has 16 heavy (non-hydrogen) atoms. The lowest BCUT2D eigenvalue weighted by Crippen LogP contribution is -2.43. The number of hydrogen-bond acceptors (Lipinski definition) is 3. The lowest BCUT2D eigenvalue weighted by Gasteiger charge is -2.31. The fraction of sp³-hybridized carbons (Fsp3) is 0.455. The van der Waals surface area contributed by atoms with Gasteiger partial charge in [0, 0.05) is 4.88 Å². The zero-order valence-corrected chi connectivity index (χ0v) is 9.50. The summed E-state index contributed by atoms with van der Waals surface area (Å²) >= 11 is 1.58. The van der Waals surface area contributed by atoms with Gasteiger partial charge in [-0.15, -0.1) is 11.3 Å². The third kappa shape index (κ3) is 2.24. The van der Waals surface area contributed by atoms with Crippen LogP contribution in [0.5, 0.6) is 0 Å². The second kappa shape index (κ2) is 4.65. The first-order valence-electron chi connectivity index (χ1n) is 5.21. The minimum atomic E-state index is -0.859. The molecule has 0 aliphatic heterocycles. The van der Waals surface area contributed by atoms with Crippen molar-refractivity contribution < 1.29 is 14.7 Å². The van der Waals surface area contributed by atoms with Crippen LogP contribution in [0, 0.1) is 11.8 Å². The molecule has 0 saturated heterocycles. The highest BCUT2D eigenvalue weighted by Crippen LogP contribution is 2.34. The van der Waals surface area contributed by atoms with Crippen LogP contribution < -0.4 is 5.32 Å². The fourth-order valence-electron chi connectivity index (χ4n) is 1.83. The second-order valence-corrected chi connectivity index (χ2v) is 4.96. The first kappa shape index (κ1) is 11.1. The molecule has 2 N–H and O–H groups in total. The molecule has 1 aromatic rings. The number of thiophene rings is 1. The van der Waals surface area contributed by atoms with Crippen molar-refractivity contribution in [3.63, 3.8) is 0 Å². The Morgan fingerprint density at radius 1 is 1.44 bits per heavy atom. The van der Waals surface area contributed by atoms with E-state index in [9.17, 15) is 9.59 Å². The average Bonchev–Trinajstić information content (AvgIpc) is 2.64. The van der Waals surface area contributed by atoms with Gasteiger partial charge in [-0.2, -0.15) is 0 Å². The van der Waals surface area contributed by atoms with E-state index < -0.39 is 11.9 Å². The molecule has 1 aliphatic carbocycles. The Morgan fingerprint density at radius 2 is 2.19 bits per heavy atom. The van der Waals surface area contributed by atoms with Gasteiger partial charge in [0.1, 0.15) is 0 Å². The summed E-state index contributed by atoms with van der Waals surface area (Å²) in [6.07, 6.45) is 1.31. The maximum Gasteiger partial charge on any atom is 0.307 e. The number of amides is 1. The molecule has 2 rings (SSSR count). The van der Waals surface area contributed by atoms with Gasteiger partial charge < -0.3 is 10.4 Å². The first-order valence-corrected chi connectivity index (χ1v) is 6.09. The molecule has 2 unspecified atom stereocenters. The van der Waals surface area contributed by atoms with Crippen molar-refractivity contribution in [3.05, 3.63) is 22.4 Å². The van der Waals surface area contributed by atoms with E-state index in [4.69, 9.17) is 5.11 Å². The fourth-order valence-corrected chi connectivity index (χ4v) is 2.47. The molecule has 1 aromatic heterocycles. The number of carboxylic acid groups (broad SMARTS) is 1. The first-order chi connectivity index (χ1) is 7.68. The van der Waals surface area contributed by atoms with Crippen molar-refractivity contribution in [2.45, 2.75) is 19.4 Å². The minimum Gasteiger partial charge on any atom is -0.481 e. The van der Waals surface area contributed by atoms with Crippen LogP contribution in [0.4, 0.5) is 0 Å².